The van der Waals surface area contributed by atoms with E-state index in [4.69, 9.17) is 39.9 Å². The summed E-state index contributed by atoms with van der Waals surface area (Å²) in [5, 5.41) is 19.9. The summed E-state index contributed by atoms with van der Waals surface area (Å²) in [7, 11) is 3.37. The summed E-state index contributed by atoms with van der Waals surface area (Å²) >= 11 is 0. The highest BCUT2D eigenvalue weighted by Crippen LogP contribution is 2.45. The lowest BCUT2D eigenvalue weighted by atomic mass is 10.1. The lowest BCUT2D eigenvalue weighted by Crippen LogP contribution is -2.38. The number of fused-ring (bicyclic) bond motifs is 4. The Morgan fingerprint density at radius 2 is 1.28 bits per heavy atom. The van der Waals surface area contributed by atoms with E-state index in [1.807, 2.05) is 33.4 Å². The summed E-state index contributed by atoms with van der Waals surface area (Å²) in [4.78, 5) is 18.6. The van der Waals surface area contributed by atoms with Crippen LogP contribution >= 0.6 is 0 Å². The maximum Gasteiger partial charge on any atom is 0.157 e. The Bertz CT molecular complexity index is 2540. The number of nitrogen functional groups attached to an aromatic ring is 1. The van der Waals surface area contributed by atoms with Crippen molar-refractivity contribution in [3.8, 4) is 34.3 Å². The molecule has 5 N–H and O–H groups in total. The molecule has 4 fully saturated rings. The molecule has 6 aliphatic rings. The maximum absolute atomic E-state index is 12.1. The monoisotopic (exact) mass is 832 g/mol. The van der Waals surface area contributed by atoms with Crippen LogP contribution in [0.2, 0.25) is 0 Å². The van der Waals surface area contributed by atoms with Gasteiger partial charge in [0.2, 0.25) is 0 Å². The number of imidazole rings is 2. The van der Waals surface area contributed by atoms with Crippen molar-refractivity contribution in [3.05, 3.63) is 70.3 Å². The Balaban J connectivity index is 0.000000128. The van der Waals surface area contributed by atoms with E-state index in [1.54, 1.807) is 20.4 Å². The number of rotatable bonds is 8. The van der Waals surface area contributed by atoms with Gasteiger partial charge in [-0.1, -0.05) is 0 Å². The van der Waals surface area contributed by atoms with Gasteiger partial charge in [-0.25, -0.2) is 33.4 Å². The molecule has 2 saturated carbocycles. The van der Waals surface area contributed by atoms with Crippen LogP contribution in [0.4, 0.5) is 16.0 Å². The number of piperidine rings is 2. The van der Waals surface area contributed by atoms with Gasteiger partial charge in [-0.05, 0) is 94.3 Å². The van der Waals surface area contributed by atoms with Crippen molar-refractivity contribution in [2.45, 2.75) is 102 Å². The smallest absolute Gasteiger partial charge is 0.157 e. The molecule has 61 heavy (non-hydrogen) atoms. The number of nitrogens with two attached hydrogens (primary N) is 1. The van der Waals surface area contributed by atoms with Crippen molar-refractivity contribution in [1.29, 1.82) is 0 Å². The predicted molar refractivity (Wildman–Crippen MR) is 227 cm³/mol. The first kappa shape index (κ1) is 39.6. The average Bonchev–Trinajstić information content (AvgIpc) is 4.10. The second kappa shape index (κ2) is 17.1. The number of nitrogens with zero attached hydrogens (tertiary/aromatic N) is 8. The number of alkyl halides is 1. The number of anilines is 2. The van der Waals surface area contributed by atoms with E-state index >= 15 is 0 Å². The van der Waals surface area contributed by atoms with Gasteiger partial charge in [0, 0.05) is 47.7 Å². The van der Waals surface area contributed by atoms with Gasteiger partial charge in [-0.2, -0.15) is 10.2 Å². The molecule has 2 aliphatic carbocycles. The minimum Gasteiger partial charge on any atom is -0.495 e. The summed E-state index contributed by atoms with van der Waals surface area (Å²) in [6.07, 6.45) is 11.5. The van der Waals surface area contributed by atoms with E-state index < -0.39 is 6.17 Å². The second-order valence-corrected chi connectivity index (χ2v) is 16.7. The number of hydrogen-bond donors (Lipinski definition) is 4. The van der Waals surface area contributed by atoms with Gasteiger partial charge >= 0.3 is 0 Å². The summed E-state index contributed by atoms with van der Waals surface area (Å²) in [6, 6.07) is 8.44. The molecule has 12 rings (SSSR count). The number of hydrogen-bond acceptors (Lipinski definition) is 14. The molecule has 0 aromatic carbocycles. The molecule has 17 heteroatoms. The first-order valence-electron chi connectivity index (χ1n) is 21.6. The van der Waals surface area contributed by atoms with Gasteiger partial charge in [0.15, 0.2) is 11.3 Å². The summed E-state index contributed by atoms with van der Waals surface area (Å²) in [6.45, 7) is 6.11. The fourth-order valence-corrected chi connectivity index (χ4v) is 8.50. The maximum atomic E-state index is 12.1. The van der Waals surface area contributed by atoms with E-state index in [9.17, 15) is 4.39 Å². The Kier molecular flexibility index (Phi) is 11.1. The normalized spacial score (nSPS) is 19.8. The predicted octanol–water partition coefficient (Wildman–Crippen LogP) is 5.87. The number of ether oxygens (including phenoxy) is 4. The standard InChI is InChI=1S/C22H26N6O2.C17H17N5O2.C5H10FN/c1-29-19-8-20-24-10-18(28(20)27-21(19)13-4-5-13)17-7-14-11-30-12-16(14)22(26-17)25-15-3-2-6-23-9-15;1-23-14-5-15-19-6-13(22(15)21-16(14)9-2-3-9)12-4-10-7-24-8-11(10)17(18)20-12;6-5-1-3-7-4-2-5/h7-8,10,13,15,23H,2-6,9,11-12H2,1H3,(H,25,26);4-6,9H,2-3,7-8H2,1H3,(H2,18,20);5,7H,1-4H2. The molecule has 2 saturated heterocycles. The molecule has 1 unspecified atom stereocenters. The van der Waals surface area contributed by atoms with E-state index in [-0.39, 0.29) is 0 Å². The Morgan fingerprint density at radius 1 is 0.705 bits per heavy atom. The van der Waals surface area contributed by atoms with Crippen LogP contribution in [0.3, 0.4) is 0 Å². The van der Waals surface area contributed by atoms with Crippen molar-refractivity contribution >= 4 is 22.9 Å². The highest BCUT2D eigenvalue weighted by Gasteiger charge is 2.32. The largest absolute Gasteiger partial charge is 0.495 e. The minimum absolute atomic E-state index is 0.386. The lowest BCUT2D eigenvalue weighted by molar-refractivity contribution is 0.134. The zero-order chi connectivity index (χ0) is 41.5. The van der Waals surface area contributed by atoms with Gasteiger partial charge in [0.05, 0.1) is 64.4 Å². The second-order valence-electron chi connectivity index (χ2n) is 16.7. The number of halogens is 1. The quantitative estimate of drug-likeness (QED) is 0.143. The molecule has 1 atom stereocenters. The Labute approximate surface area is 353 Å². The Morgan fingerprint density at radius 3 is 1.80 bits per heavy atom. The van der Waals surface area contributed by atoms with Gasteiger partial charge < -0.3 is 40.6 Å². The summed E-state index contributed by atoms with van der Waals surface area (Å²) < 4.78 is 38.2. The Hall–Kier alpha value is -5.49. The van der Waals surface area contributed by atoms with E-state index in [2.05, 4.69) is 37.0 Å². The van der Waals surface area contributed by atoms with E-state index in [1.165, 1.54) is 17.5 Å². The molecule has 6 aromatic rings. The van der Waals surface area contributed by atoms with Crippen LogP contribution in [0.15, 0.2) is 36.7 Å². The van der Waals surface area contributed by atoms with Crippen LogP contribution in [0.5, 0.6) is 11.5 Å². The van der Waals surface area contributed by atoms with Gasteiger partial charge in [0.1, 0.15) is 52.1 Å². The zero-order valence-electron chi connectivity index (χ0n) is 34.8. The third kappa shape index (κ3) is 8.31. The number of pyridine rings is 2. The molecular formula is C44H53FN12O4. The van der Waals surface area contributed by atoms with Gasteiger partial charge in [-0.15, -0.1) is 0 Å². The van der Waals surface area contributed by atoms with Crippen molar-refractivity contribution in [1.82, 2.24) is 49.8 Å². The lowest BCUT2D eigenvalue weighted by Gasteiger charge is -2.25. The van der Waals surface area contributed by atoms with Crippen LogP contribution in [0, 0.1) is 0 Å². The number of aromatic nitrogens is 8. The third-order valence-electron chi connectivity index (χ3n) is 12.2. The number of methoxy groups -OCH3 is 2. The van der Waals surface area contributed by atoms with Crippen LogP contribution in [-0.2, 0) is 35.9 Å². The fraction of sp³-hybridized carbons (Fsp3) is 0.500. The molecule has 6 aromatic heterocycles. The van der Waals surface area contributed by atoms with E-state index in [0.717, 1.165) is 132 Å². The van der Waals surface area contributed by atoms with Crippen molar-refractivity contribution in [3.63, 3.8) is 0 Å². The van der Waals surface area contributed by atoms with Gasteiger partial charge in [0.25, 0.3) is 0 Å². The molecule has 0 spiro atoms. The topological polar surface area (TPSA) is 185 Å². The van der Waals surface area contributed by atoms with Crippen LogP contribution in [-0.4, -0.2) is 91.8 Å². The third-order valence-corrected chi connectivity index (χ3v) is 12.2. The van der Waals surface area contributed by atoms with E-state index in [0.29, 0.717) is 63.0 Å². The van der Waals surface area contributed by atoms with Crippen LogP contribution in [0.1, 0.15) is 96.8 Å². The SMILES string of the molecule is COc1cc2ncc(-c3cc4c(c(N)n3)COC4)n2nc1C1CC1.COc1cc2ncc(-c3cc4c(c(NC5CCCNC5)n3)COC4)n2nc1C1CC1.FC1CCNCC1. The van der Waals surface area contributed by atoms with Crippen LogP contribution < -0.4 is 31.2 Å². The number of nitrogens with one attached hydrogen (secondary N) is 3. The molecule has 10 heterocycles. The molecule has 0 bridgehead atoms. The van der Waals surface area contributed by atoms with Crippen molar-refractivity contribution < 1.29 is 23.3 Å². The molecule has 320 valence electrons. The summed E-state index contributed by atoms with van der Waals surface area (Å²) in [5.41, 5.74) is 17.4. The van der Waals surface area contributed by atoms with Gasteiger partial charge in [-0.3, -0.25) is 0 Å². The average molecular weight is 833 g/mol. The molecule has 16 nitrogen and oxygen atoms in total. The van der Waals surface area contributed by atoms with Crippen molar-refractivity contribution in [2.24, 2.45) is 0 Å². The highest BCUT2D eigenvalue weighted by atomic mass is 19.1. The molecular weight excluding hydrogens is 780 g/mol. The fourth-order valence-electron chi connectivity index (χ4n) is 8.50. The van der Waals surface area contributed by atoms with Crippen LogP contribution in [0.25, 0.3) is 34.1 Å². The first-order chi connectivity index (χ1) is 29.9. The molecule has 0 amide bonds. The van der Waals surface area contributed by atoms with Crippen molar-refractivity contribution in [2.75, 3.05) is 51.4 Å². The first-order valence-corrected chi connectivity index (χ1v) is 21.6. The minimum atomic E-state index is -0.527. The zero-order valence-corrected chi connectivity index (χ0v) is 34.8. The molecule has 0 radical (unpaired) electrons. The molecule has 4 aliphatic heterocycles. The highest BCUT2D eigenvalue weighted by molar-refractivity contribution is 5.67. The summed E-state index contributed by atoms with van der Waals surface area (Å²) in [5.74, 6) is 4.04.